The molecule has 1 unspecified atom stereocenters. The van der Waals surface area contributed by atoms with Crippen molar-refractivity contribution in [3.05, 3.63) is 65.2 Å². The summed E-state index contributed by atoms with van der Waals surface area (Å²) in [5, 5.41) is 0. The highest BCUT2D eigenvalue weighted by atomic mass is 19.1. The third-order valence-electron chi connectivity index (χ3n) is 3.20. The monoisotopic (exact) mass is 292 g/mol. The molecule has 0 saturated carbocycles. The molecule has 21 heavy (non-hydrogen) atoms. The van der Waals surface area contributed by atoms with Crippen molar-refractivity contribution in [3.8, 4) is 5.75 Å². The lowest BCUT2D eigenvalue weighted by Gasteiger charge is -2.17. The van der Waals surface area contributed by atoms with E-state index in [1.54, 1.807) is 0 Å². The normalized spacial score (nSPS) is 12.2. The van der Waals surface area contributed by atoms with E-state index in [1.165, 1.54) is 12.1 Å². The Morgan fingerprint density at radius 3 is 2.67 bits per heavy atom. The van der Waals surface area contributed by atoms with Crippen LogP contribution in [0.3, 0.4) is 0 Å². The summed E-state index contributed by atoms with van der Waals surface area (Å²) in [6, 6.07) is 10.7. The number of ether oxygens (including phenoxy) is 1. The molecule has 0 aliphatic rings. The molecule has 3 nitrogen and oxygen atoms in total. The van der Waals surface area contributed by atoms with Gasteiger partial charge in [0.05, 0.1) is 12.6 Å². The average molecular weight is 292 g/mol. The summed E-state index contributed by atoms with van der Waals surface area (Å²) in [4.78, 5) is 0. The molecule has 2 rings (SSSR count). The second kappa shape index (κ2) is 7.15. The van der Waals surface area contributed by atoms with Crippen molar-refractivity contribution in [2.45, 2.75) is 19.4 Å². The van der Waals surface area contributed by atoms with Crippen molar-refractivity contribution in [1.82, 2.24) is 5.43 Å². The molecule has 0 saturated heterocycles. The summed E-state index contributed by atoms with van der Waals surface area (Å²) in [5.41, 5.74) is 3.96. The van der Waals surface area contributed by atoms with Gasteiger partial charge in [0.25, 0.3) is 0 Å². The first-order chi connectivity index (χ1) is 10.1. The van der Waals surface area contributed by atoms with Crippen LogP contribution in [0.4, 0.5) is 8.78 Å². The highest BCUT2D eigenvalue weighted by Gasteiger charge is 2.15. The van der Waals surface area contributed by atoms with Crippen LogP contribution >= 0.6 is 0 Å². The van der Waals surface area contributed by atoms with Gasteiger partial charge in [0.2, 0.25) is 0 Å². The SMILES string of the molecule is Cc1cccc(OCCC(NN)c2ccc(F)cc2F)c1. The lowest BCUT2D eigenvalue weighted by molar-refractivity contribution is 0.285. The Bertz CT molecular complexity index is 605. The molecular formula is C16H18F2N2O. The number of nitrogens with two attached hydrogens (primary N) is 1. The molecule has 0 spiro atoms. The van der Waals surface area contributed by atoms with E-state index in [9.17, 15) is 8.78 Å². The van der Waals surface area contributed by atoms with Gasteiger partial charge in [-0.25, -0.2) is 8.78 Å². The molecule has 3 N–H and O–H groups in total. The van der Waals surface area contributed by atoms with Crippen molar-refractivity contribution in [3.63, 3.8) is 0 Å². The number of hydrazine groups is 1. The molecule has 1 atom stereocenters. The molecule has 0 aromatic heterocycles. The lowest BCUT2D eigenvalue weighted by atomic mass is 10.0. The molecule has 112 valence electrons. The maximum atomic E-state index is 13.7. The number of hydrogen-bond acceptors (Lipinski definition) is 3. The third-order valence-corrected chi connectivity index (χ3v) is 3.20. The van der Waals surface area contributed by atoms with Crippen molar-refractivity contribution in [2.75, 3.05) is 6.61 Å². The number of aryl methyl sites for hydroxylation is 1. The zero-order valence-electron chi connectivity index (χ0n) is 11.8. The van der Waals surface area contributed by atoms with Gasteiger partial charge in [-0.05, 0) is 30.7 Å². The summed E-state index contributed by atoms with van der Waals surface area (Å²) < 4.78 is 32.2. The molecule has 2 aromatic rings. The molecule has 0 fully saturated rings. The van der Waals surface area contributed by atoms with E-state index in [1.807, 2.05) is 31.2 Å². The highest BCUT2D eigenvalue weighted by Crippen LogP contribution is 2.21. The predicted molar refractivity (Wildman–Crippen MR) is 77.7 cm³/mol. The Labute approximate surface area is 122 Å². The average Bonchev–Trinajstić information content (AvgIpc) is 2.45. The Kier molecular flexibility index (Phi) is 5.25. The van der Waals surface area contributed by atoms with Gasteiger partial charge >= 0.3 is 0 Å². The van der Waals surface area contributed by atoms with Crippen molar-refractivity contribution < 1.29 is 13.5 Å². The van der Waals surface area contributed by atoms with Gasteiger partial charge in [-0.15, -0.1) is 0 Å². The van der Waals surface area contributed by atoms with Gasteiger partial charge in [0.15, 0.2) is 0 Å². The quantitative estimate of drug-likeness (QED) is 0.634. The fourth-order valence-corrected chi connectivity index (χ4v) is 2.11. The van der Waals surface area contributed by atoms with E-state index in [-0.39, 0.29) is 0 Å². The zero-order valence-corrected chi connectivity index (χ0v) is 11.8. The van der Waals surface area contributed by atoms with Crippen LogP contribution in [0.15, 0.2) is 42.5 Å². The van der Waals surface area contributed by atoms with Crippen molar-refractivity contribution in [1.29, 1.82) is 0 Å². The first kappa shape index (κ1) is 15.4. The van der Waals surface area contributed by atoms with Crippen LogP contribution in [0.2, 0.25) is 0 Å². The molecule has 5 heteroatoms. The van der Waals surface area contributed by atoms with Gasteiger partial charge in [-0.1, -0.05) is 18.2 Å². The van der Waals surface area contributed by atoms with E-state index in [4.69, 9.17) is 10.6 Å². The first-order valence-corrected chi connectivity index (χ1v) is 6.70. The summed E-state index contributed by atoms with van der Waals surface area (Å²) >= 11 is 0. The second-order valence-corrected chi connectivity index (χ2v) is 4.84. The maximum absolute atomic E-state index is 13.7. The van der Waals surface area contributed by atoms with Crippen molar-refractivity contribution >= 4 is 0 Å². The zero-order chi connectivity index (χ0) is 15.2. The molecule has 0 heterocycles. The number of rotatable bonds is 6. The van der Waals surface area contributed by atoms with Crippen LogP contribution in [-0.4, -0.2) is 6.61 Å². The Hall–Kier alpha value is -1.98. The Morgan fingerprint density at radius 1 is 1.19 bits per heavy atom. The Morgan fingerprint density at radius 2 is 2.00 bits per heavy atom. The summed E-state index contributed by atoms with van der Waals surface area (Å²) in [6.07, 6.45) is 0.465. The molecular weight excluding hydrogens is 274 g/mol. The van der Waals surface area contributed by atoms with E-state index in [0.29, 0.717) is 18.6 Å². The number of hydrogen-bond donors (Lipinski definition) is 2. The molecule has 0 aliphatic carbocycles. The van der Waals surface area contributed by atoms with E-state index in [0.717, 1.165) is 17.4 Å². The van der Waals surface area contributed by atoms with E-state index in [2.05, 4.69) is 5.43 Å². The van der Waals surface area contributed by atoms with Crippen LogP contribution < -0.4 is 16.0 Å². The van der Waals surface area contributed by atoms with E-state index < -0.39 is 17.7 Å². The van der Waals surface area contributed by atoms with Gasteiger partial charge in [0, 0.05) is 18.1 Å². The largest absolute Gasteiger partial charge is 0.494 e. The predicted octanol–water partition coefficient (Wildman–Crippen LogP) is 3.25. The van der Waals surface area contributed by atoms with Crippen molar-refractivity contribution in [2.24, 2.45) is 5.84 Å². The second-order valence-electron chi connectivity index (χ2n) is 4.84. The lowest BCUT2D eigenvalue weighted by Crippen LogP contribution is -2.30. The molecule has 0 bridgehead atoms. The number of benzene rings is 2. The number of halogens is 2. The molecule has 0 aliphatic heterocycles. The van der Waals surface area contributed by atoms with Crippen LogP contribution in [0, 0.1) is 18.6 Å². The topological polar surface area (TPSA) is 47.3 Å². The summed E-state index contributed by atoms with van der Waals surface area (Å²) in [7, 11) is 0. The minimum atomic E-state index is -0.617. The minimum Gasteiger partial charge on any atom is -0.494 e. The number of nitrogens with one attached hydrogen (secondary N) is 1. The van der Waals surface area contributed by atoms with Gasteiger partial charge in [-0.3, -0.25) is 11.3 Å². The summed E-state index contributed by atoms with van der Waals surface area (Å²) in [5.74, 6) is 4.98. The van der Waals surface area contributed by atoms with Crippen LogP contribution in [-0.2, 0) is 0 Å². The van der Waals surface area contributed by atoms with E-state index >= 15 is 0 Å². The maximum Gasteiger partial charge on any atom is 0.130 e. The van der Waals surface area contributed by atoms with Gasteiger partial charge in [0.1, 0.15) is 17.4 Å². The third kappa shape index (κ3) is 4.24. The smallest absolute Gasteiger partial charge is 0.130 e. The Balaban J connectivity index is 1.96. The minimum absolute atomic E-state index is 0.326. The summed E-state index contributed by atoms with van der Waals surface area (Å²) in [6.45, 7) is 2.35. The van der Waals surface area contributed by atoms with Crippen LogP contribution in [0.1, 0.15) is 23.6 Å². The standard InChI is InChI=1S/C16H18F2N2O/c1-11-3-2-4-13(9-11)21-8-7-16(20-19)14-6-5-12(17)10-15(14)18/h2-6,9-10,16,20H,7-8,19H2,1H3. The first-order valence-electron chi connectivity index (χ1n) is 6.70. The van der Waals surface area contributed by atoms with Crippen LogP contribution in [0.25, 0.3) is 0 Å². The molecule has 0 amide bonds. The van der Waals surface area contributed by atoms with Gasteiger partial charge in [-0.2, -0.15) is 0 Å². The molecule has 2 aromatic carbocycles. The fraction of sp³-hybridized carbons (Fsp3) is 0.250. The fourth-order valence-electron chi connectivity index (χ4n) is 2.11. The van der Waals surface area contributed by atoms with Crippen LogP contribution in [0.5, 0.6) is 5.75 Å². The highest BCUT2D eigenvalue weighted by molar-refractivity contribution is 5.27. The molecule has 0 radical (unpaired) electrons. The van der Waals surface area contributed by atoms with Gasteiger partial charge < -0.3 is 4.74 Å².